The molecule has 0 aliphatic carbocycles. The second-order valence-corrected chi connectivity index (χ2v) is 10.5. The number of nitrogens with two attached hydrogens (primary N) is 1. The molecule has 0 saturated carbocycles. The minimum Gasteiger partial charge on any atom is -0.439 e. The fourth-order valence-electron chi connectivity index (χ4n) is 4.28. The third-order valence-electron chi connectivity index (χ3n) is 5.81. The van der Waals surface area contributed by atoms with Crippen LogP contribution in [0.3, 0.4) is 0 Å². The Morgan fingerprint density at radius 3 is 2.56 bits per heavy atom. The van der Waals surface area contributed by atoms with E-state index < -0.39 is 21.8 Å². The zero-order valence-corrected chi connectivity index (χ0v) is 20.0. The lowest BCUT2D eigenvalue weighted by molar-refractivity contribution is 0.357. The molecule has 2 N–H and O–H groups in total. The van der Waals surface area contributed by atoms with Gasteiger partial charge in [0.25, 0.3) is 10.0 Å². The molecule has 1 atom stereocenters. The van der Waals surface area contributed by atoms with Crippen molar-refractivity contribution < 1.29 is 17.5 Å². The van der Waals surface area contributed by atoms with Gasteiger partial charge in [0.1, 0.15) is 22.4 Å². The molecule has 170 valence electrons. The summed E-state index contributed by atoms with van der Waals surface area (Å²) in [5.74, 6) is -1.59. The van der Waals surface area contributed by atoms with E-state index in [1.165, 1.54) is 6.07 Å². The second-order valence-electron chi connectivity index (χ2n) is 7.79. The Balaban J connectivity index is 1.78. The predicted octanol–water partition coefficient (Wildman–Crippen LogP) is 5.11. The zero-order chi connectivity index (χ0) is 24.0. The Bertz CT molecular complexity index is 1540. The van der Waals surface area contributed by atoms with Crippen molar-refractivity contribution in [1.82, 2.24) is 0 Å². The van der Waals surface area contributed by atoms with Gasteiger partial charge in [0, 0.05) is 15.6 Å². The zero-order valence-electron chi connectivity index (χ0n) is 17.6. The van der Waals surface area contributed by atoms with Gasteiger partial charge in [-0.15, -0.1) is 0 Å². The molecule has 5 rings (SSSR count). The van der Waals surface area contributed by atoms with Gasteiger partial charge < -0.3 is 10.5 Å². The van der Waals surface area contributed by atoms with Crippen LogP contribution in [0.15, 0.2) is 93.6 Å². The highest BCUT2D eigenvalue weighted by molar-refractivity contribution is 9.10. The number of ether oxygens (including phenoxy) is 1. The van der Waals surface area contributed by atoms with Crippen molar-refractivity contribution >= 4 is 37.4 Å². The molecule has 2 aliphatic heterocycles. The lowest BCUT2D eigenvalue weighted by Crippen LogP contribution is -2.39. The lowest BCUT2D eigenvalue weighted by atomic mass is 9.88. The monoisotopic (exact) mass is 537 g/mol. The first-order chi connectivity index (χ1) is 16.3. The number of sulfonamides is 1. The summed E-state index contributed by atoms with van der Waals surface area (Å²) in [6.07, 6.45) is 0. The SMILES string of the molecule is N#CC1=C(N)OC2=C(C1c1cccc(Br)c1)S(=O)(=O)N(Cc1ccccc1F)c1ccccc12. The number of allylic oxidation sites excluding steroid dienone is 2. The maximum absolute atomic E-state index is 14.5. The highest BCUT2D eigenvalue weighted by Crippen LogP contribution is 2.51. The van der Waals surface area contributed by atoms with Crippen LogP contribution in [0, 0.1) is 17.1 Å². The molecular weight excluding hydrogens is 521 g/mol. The molecule has 0 amide bonds. The number of benzene rings is 3. The molecule has 0 saturated heterocycles. The van der Waals surface area contributed by atoms with E-state index in [0.717, 1.165) is 4.31 Å². The Hall–Kier alpha value is -3.61. The number of hydrogen-bond acceptors (Lipinski definition) is 5. The third kappa shape index (κ3) is 3.47. The van der Waals surface area contributed by atoms with Gasteiger partial charge in [-0.3, -0.25) is 4.31 Å². The molecule has 0 radical (unpaired) electrons. The van der Waals surface area contributed by atoms with Gasteiger partial charge >= 0.3 is 0 Å². The molecule has 3 aromatic carbocycles. The van der Waals surface area contributed by atoms with Gasteiger partial charge in [0.05, 0.1) is 18.2 Å². The average molecular weight is 538 g/mol. The van der Waals surface area contributed by atoms with Crippen molar-refractivity contribution in [3.8, 4) is 6.07 Å². The highest BCUT2D eigenvalue weighted by Gasteiger charge is 2.47. The number of halogens is 2. The quantitative estimate of drug-likeness (QED) is 0.500. The molecule has 0 spiro atoms. The van der Waals surface area contributed by atoms with E-state index >= 15 is 0 Å². The van der Waals surface area contributed by atoms with E-state index in [-0.39, 0.29) is 34.2 Å². The van der Waals surface area contributed by atoms with Gasteiger partial charge in [0.15, 0.2) is 5.76 Å². The molecule has 1 unspecified atom stereocenters. The van der Waals surface area contributed by atoms with E-state index in [1.54, 1.807) is 66.7 Å². The number of para-hydroxylation sites is 1. The van der Waals surface area contributed by atoms with Crippen LogP contribution in [0.4, 0.5) is 10.1 Å². The molecule has 2 aliphatic rings. The maximum atomic E-state index is 14.5. The molecule has 0 fully saturated rings. The Morgan fingerprint density at radius 2 is 1.82 bits per heavy atom. The van der Waals surface area contributed by atoms with Gasteiger partial charge in [-0.25, -0.2) is 12.8 Å². The molecular formula is C25H17BrFN3O3S. The number of rotatable bonds is 3. The predicted molar refractivity (Wildman–Crippen MR) is 130 cm³/mol. The second kappa shape index (κ2) is 8.31. The largest absolute Gasteiger partial charge is 0.439 e. The van der Waals surface area contributed by atoms with Gasteiger partial charge in [0.2, 0.25) is 5.88 Å². The first-order valence-corrected chi connectivity index (χ1v) is 12.5. The summed E-state index contributed by atoms with van der Waals surface area (Å²) in [6.45, 7) is -0.227. The van der Waals surface area contributed by atoms with Crippen LogP contribution in [-0.4, -0.2) is 8.42 Å². The van der Waals surface area contributed by atoms with E-state index in [0.29, 0.717) is 21.3 Å². The topological polar surface area (TPSA) is 96.4 Å². The fourth-order valence-corrected chi connectivity index (χ4v) is 6.60. The van der Waals surface area contributed by atoms with E-state index in [1.807, 2.05) is 6.07 Å². The van der Waals surface area contributed by atoms with Gasteiger partial charge in [-0.1, -0.05) is 58.4 Å². The lowest BCUT2D eigenvalue weighted by Gasteiger charge is -2.38. The summed E-state index contributed by atoms with van der Waals surface area (Å²) in [7, 11) is -4.26. The number of fused-ring (bicyclic) bond motifs is 2. The summed E-state index contributed by atoms with van der Waals surface area (Å²) in [5.41, 5.74) is 7.71. The normalized spacial score (nSPS) is 18.6. The number of hydrogen-bond donors (Lipinski definition) is 1. The molecule has 0 bridgehead atoms. The van der Waals surface area contributed by atoms with Crippen LogP contribution in [0.1, 0.15) is 22.6 Å². The molecule has 6 nitrogen and oxygen atoms in total. The summed E-state index contributed by atoms with van der Waals surface area (Å²) in [5, 5.41) is 9.90. The summed E-state index contributed by atoms with van der Waals surface area (Å²) < 4.78 is 50.5. The van der Waals surface area contributed by atoms with E-state index in [4.69, 9.17) is 10.5 Å². The minimum absolute atomic E-state index is 0.00866. The number of anilines is 1. The molecule has 9 heteroatoms. The maximum Gasteiger partial charge on any atom is 0.265 e. The van der Waals surface area contributed by atoms with Gasteiger partial charge in [-0.2, -0.15) is 5.26 Å². The molecule has 2 heterocycles. The number of nitrogens with zero attached hydrogens (tertiary/aromatic N) is 2. The van der Waals surface area contributed by atoms with Crippen molar-refractivity contribution in [2.75, 3.05) is 4.31 Å². The van der Waals surface area contributed by atoms with E-state index in [2.05, 4.69) is 15.9 Å². The van der Waals surface area contributed by atoms with Crippen LogP contribution in [0.25, 0.3) is 5.76 Å². The highest BCUT2D eigenvalue weighted by atomic mass is 79.9. The summed E-state index contributed by atoms with van der Waals surface area (Å²) >= 11 is 3.41. The molecule has 3 aromatic rings. The minimum atomic E-state index is -4.26. The van der Waals surface area contributed by atoms with Crippen molar-refractivity contribution in [3.63, 3.8) is 0 Å². The van der Waals surface area contributed by atoms with Crippen molar-refractivity contribution in [3.05, 3.63) is 116 Å². The average Bonchev–Trinajstić information content (AvgIpc) is 2.82. The van der Waals surface area contributed by atoms with Crippen molar-refractivity contribution in [2.24, 2.45) is 5.73 Å². The van der Waals surface area contributed by atoms with E-state index in [9.17, 15) is 18.1 Å². The Morgan fingerprint density at radius 1 is 1.09 bits per heavy atom. The van der Waals surface area contributed by atoms with Crippen molar-refractivity contribution in [2.45, 2.75) is 12.5 Å². The first-order valence-electron chi connectivity index (χ1n) is 10.3. The van der Waals surface area contributed by atoms with Crippen LogP contribution >= 0.6 is 15.9 Å². The van der Waals surface area contributed by atoms with Crippen LogP contribution in [0.5, 0.6) is 0 Å². The number of nitriles is 1. The van der Waals surface area contributed by atoms with Crippen LogP contribution < -0.4 is 10.0 Å². The summed E-state index contributed by atoms with van der Waals surface area (Å²) in [6, 6.07) is 21.9. The smallest absolute Gasteiger partial charge is 0.265 e. The summed E-state index contributed by atoms with van der Waals surface area (Å²) in [4.78, 5) is -0.105. The van der Waals surface area contributed by atoms with Gasteiger partial charge in [-0.05, 0) is 35.9 Å². The van der Waals surface area contributed by atoms with Crippen LogP contribution in [-0.2, 0) is 21.3 Å². The van der Waals surface area contributed by atoms with Crippen molar-refractivity contribution in [1.29, 1.82) is 5.26 Å². The Kier molecular flexibility index (Phi) is 5.42. The Labute approximate surface area is 204 Å². The molecule has 34 heavy (non-hydrogen) atoms. The third-order valence-corrected chi connectivity index (χ3v) is 8.19. The molecule has 0 aromatic heterocycles. The van der Waals surface area contributed by atoms with Crippen LogP contribution in [0.2, 0.25) is 0 Å². The first kappa shape index (κ1) is 22.2. The fraction of sp³-hybridized carbons (Fsp3) is 0.0800. The standard InChI is InChI=1S/C25H17BrFN3O3S/c26-17-8-5-7-15(12-17)22-19(13-28)25(29)33-23-18-9-2-4-11-21(18)30(34(31,32)24(22)23)14-16-6-1-3-10-20(16)27/h1-12,22H,14,29H2.